The van der Waals surface area contributed by atoms with Gasteiger partial charge in [0.15, 0.2) is 0 Å². The Labute approximate surface area is 115 Å². The maximum absolute atomic E-state index is 12.4. The fraction of sp³-hybridized carbons (Fsp3) is 0.857. The van der Waals surface area contributed by atoms with E-state index in [1.807, 2.05) is 16.7 Å². The molecule has 5 nitrogen and oxygen atoms in total. The number of carbonyl (C=O) groups is 2. The Morgan fingerprint density at radius 3 is 2.63 bits per heavy atom. The molecule has 0 spiro atoms. The van der Waals surface area contributed by atoms with Gasteiger partial charge in [-0.2, -0.15) is 0 Å². The number of hydrogen-bond acceptors (Lipinski definition) is 2. The van der Waals surface area contributed by atoms with Crippen LogP contribution in [0.3, 0.4) is 0 Å². The van der Waals surface area contributed by atoms with E-state index in [2.05, 4.69) is 13.8 Å². The first kappa shape index (κ1) is 15.8. The fourth-order valence-electron chi connectivity index (χ4n) is 2.64. The highest BCUT2D eigenvalue weighted by Gasteiger charge is 2.27. The van der Waals surface area contributed by atoms with Crippen molar-refractivity contribution < 1.29 is 14.7 Å². The van der Waals surface area contributed by atoms with Crippen molar-refractivity contribution in [2.45, 2.75) is 40.0 Å². The topological polar surface area (TPSA) is 60.9 Å². The number of hydrogen-bond donors (Lipinski definition) is 1. The molecule has 1 rings (SSSR count). The zero-order chi connectivity index (χ0) is 14.4. The van der Waals surface area contributed by atoms with Gasteiger partial charge in [0.1, 0.15) is 0 Å². The number of amides is 2. The molecule has 0 aromatic carbocycles. The van der Waals surface area contributed by atoms with Crippen LogP contribution in [0.4, 0.5) is 4.79 Å². The quantitative estimate of drug-likeness (QED) is 0.833. The lowest BCUT2D eigenvalue weighted by Gasteiger charge is -2.36. The van der Waals surface area contributed by atoms with Crippen LogP contribution >= 0.6 is 0 Å². The Bertz CT molecular complexity index is 318. The van der Waals surface area contributed by atoms with Gasteiger partial charge in [-0.3, -0.25) is 4.79 Å². The van der Waals surface area contributed by atoms with Crippen molar-refractivity contribution in [1.29, 1.82) is 0 Å². The third-order valence-electron chi connectivity index (χ3n) is 3.49. The molecule has 1 fully saturated rings. The third kappa shape index (κ3) is 5.09. The Balaban J connectivity index is 2.57. The standard InChI is InChI=1S/C14H26N2O3/c1-4-15(9-11(2)3)14(19)16-7-5-6-12(10-16)8-13(17)18/h11-12H,4-10H2,1-3H3,(H,17,18). The maximum atomic E-state index is 12.4. The SMILES string of the molecule is CCN(CC(C)C)C(=O)N1CCCC(CC(=O)O)C1. The molecule has 0 saturated carbocycles. The van der Waals surface area contributed by atoms with Crippen LogP contribution in [0, 0.1) is 11.8 Å². The maximum Gasteiger partial charge on any atom is 0.320 e. The van der Waals surface area contributed by atoms with Crippen LogP contribution in [0.1, 0.15) is 40.0 Å². The first-order valence-electron chi connectivity index (χ1n) is 7.19. The third-order valence-corrected chi connectivity index (χ3v) is 3.49. The van der Waals surface area contributed by atoms with Crippen LogP contribution in [0.25, 0.3) is 0 Å². The van der Waals surface area contributed by atoms with E-state index < -0.39 is 5.97 Å². The van der Waals surface area contributed by atoms with Crippen molar-refractivity contribution in [3.8, 4) is 0 Å². The van der Waals surface area contributed by atoms with E-state index in [1.54, 1.807) is 0 Å². The molecule has 0 aliphatic carbocycles. The highest BCUT2D eigenvalue weighted by molar-refractivity contribution is 5.74. The summed E-state index contributed by atoms with van der Waals surface area (Å²) in [6.07, 6.45) is 1.98. The van der Waals surface area contributed by atoms with E-state index in [0.29, 0.717) is 19.0 Å². The molecule has 0 aromatic rings. The summed E-state index contributed by atoms with van der Waals surface area (Å²) < 4.78 is 0. The molecule has 1 atom stereocenters. The van der Waals surface area contributed by atoms with Gasteiger partial charge >= 0.3 is 12.0 Å². The first-order valence-corrected chi connectivity index (χ1v) is 7.19. The molecule has 0 aromatic heterocycles. The molecule has 19 heavy (non-hydrogen) atoms. The van der Waals surface area contributed by atoms with E-state index in [1.165, 1.54) is 0 Å². The predicted octanol–water partition coefficient (Wildman–Crippen LogP) is 2.27. The van der Waals surface area contributed by atoms with E-state index in [0.717, 1.165) is 25.9 Å². The van der Waals surface area contributed by atoms with Crippen LogP contribution < -0.4 is 0 Å². The largest absolute Gasteiger partial charge is 0.481 e. The molecular formula is C14H26N2O3. The summed E-state index contributed by atoms with van der Waals surface area (Å²) >= 11 is 0. The first-order chi connectivity index (χ1) is 8.93. The summed E-state index contributed by atoms with van der Waals surface area (Å²) in [5, 5.41) is 8.85. The molecule has 110 valence electrons. The number of likely N-dealkylation sites (tertiary alicyclic amines) is 1. The second kappa shape index (κ2) is 7.36. The fourth-order valence-corrected chi connectivity index (χ4v) is 2.64. The van der Waals surface area contributed by atoms with Crippen LogP contribution in [0.15, 0.2) is 0 Å². The van der Waals surface area contributed by atoms with E-state index >= 15 is 0 Å². The summed E-state index contributed by atoms with van der Waals surface area (Å²) in [5.74, 6) is -0.217. The molecule has 1 aliphatic heterocycles. The highest BCUT2D eigenvalue weighted by atomic mass is 16.4. The molecule has 1 N–H and O–H groups in total. The van der Waals surface area contributed by atoms with Gasteiger partial charge in [0, 0.05) is 32.6 Å². The average molecular weight is 270 g/mol. The van der Waals surface area contributed by atoms with E-state index in [9.17, 15) is 9.59 Å². The number of urea groups is 1. The monoisotopic (exact) mass is 270 g/mol. The Kier molecular flexibility index (Phi) is 6.12. The van der Waals surface area contributed by atoms with Crippen molar-refractivity contribution in [2.24, 2.45) is 11.8 Å². The summed E-state index contributed by atoms with van der Waals surface area (Å²) in [7, 11) is 0. The zero-order valence-corrected chi connectivity index (χ0v) is 12.3. The van der Waals surface area contributed by atoms with Crippen LogP contribution in [-0.4, -0.2) is 53.1 Å². The van der Waals surface area contributed by atoms with E-state index in [-0.39, 0.29) is 18.4 Å². The smallest absolute Gasteiger partial charge is 0.320 e. The van der Waals surface area contributed by atoms with Crippen molar-refractivity contribution in [2.75, 3.05) is 26.2 Å². The van der Waals surface area contributed by atoms with Gasteiger partial charge < -0.3 is 14.9 Å². The number of nitrogens with zero attached hydrogens (tertiary/aromatic N) is 2. The lowest BCUT2D eigenvalue weighted by molar-refractivity contribution is -0.138. The summed E-state index contributed by atoms with van der Waals surface area (Å²) in [4.78, 5) is 26.8. The zero-order valence-electron chi connectivity index (χ0n) is 12.3. The molecule has 1 aliphatic rings. The van der Waals surface area contributed by atoms with Gasteiger partial charge in [-0.05, 0) is 31.6 Å². The molecule has 1 saturated heterocycles. The van der Waals surface area contributed by atoms with Crippen molar-refractivity contribution in [3.63, 3.8) is 0 Å². The summed E-state index contributed by atoms with van der Waals surface area (Å²) in [5.41, 5.74) is 0. The lowest BCUT2D eigenvalue weighted by Crippen LogP contribution is -2.48. The minimum absolute atomic E-state index is 0.0614. The highest BCUT2D eigenvalue weighted by Crippen LogP contribution is 2.20. The second-order valence-electron chi connectivity index (χ2n) is 5.77. The predicted molar refractivity (Wildman–Crippen MR) is 74.0 cm³/mol. The molecule has 5 heteroatoms. The van der Waals surface area contributed by atoms with Crippen molar-refractivity contribution in [1.82, 2.24) is 9.80 Å². The van der Waals surface area contributed by atoms with Gasteiger partial charge in [-0.15, -0.1) is 0 Å². The summed E-state index contributed by atoms with van der Waals surface area (Å²) in [6, 6.07) is 0.0614. The van der Waals surface area contributed by atoms with Gasteiger partial charge in [0.25, 0.3) is 0 Å². The van der Waals surface area contributed by atoms with Crippen LogP contribution in [0.2, 0.25) is 0 Å². The van der Waals surface area contributed by atoms with Gasteiger partial charge in [-0.25, -0.2) is 4.79 Å². The Morgan fingerprint density at radius 1 is 1.42 bits per heavy atom. The van der Waals surface area contributed by atoms with Crippen LogP contribution in [-0.2, 0) is 4.79 Å². The van der Waals surface area contributed by atoms with Gasteiger partial charge in [0.05, 0.1) is 0 Å². The van der Waals surface area contributed by atoms with Gasteiger partial charge in [-0.1, -0.05) is 13.8 Å². The van der Waals surface area contributed by atoms with Crippen LogP contribution in [0.5, 0.6) is 0 Å². The number of carboxylic acids is 1. The van der Waals surface area contributed by atoms with Crippen molar-refractivity contribution in [3.05, 3.63) is 0 Å². The average Bonchev–Trinajstić information content (AvgIpc) is 2.34. The molecule has 0 bridgehead atoms. The molecule has 2 amide bonds. The number of piperidine rings is 1. The second-order valence-corrected chi connectivity index (χ2v) is 5.77. The van der Waals surface area contributed by atoms with E-state index in [4.69, 9.17) is 5.11 Å². The molecular weight excluding hydrogens is 244 g/mol. The van der Waals surface area contributed by atoms with Gasteiger partial charge in [0.2, 0.25) is 0 Å². The molecule has 1 unspecified atom stereocenters. The molecule has 0 radical (unpaired) electrons. The minimum Gasteiger partial charge on any atom is -0.481 e. The number of carboxylic acid groups (broad SMARTS) is 1. The Morgan fingerprint density at radius 2 is 2.11 bits per heavy atom. The number of aliphatic carboxylic acids is 1. The lowest BCUT2D eigenvalue weighted by atomic mass is 9.95. The number of carbonyl (C=O) groups excluding carboxylic acids is 1. The van der Waals surface area contributed by atoms with Crippen molar-refractivity contribution >= 4 is 12.0 Å². The Hall–Kier alpha value is -1.26. The number of rotatable bonds is 5. The normalized spacial score (nSPS) is 19.6. The molecule has 1 heterocycles. The minimum atomic E-state index is -0.770. The summed E-state index contributed by atoms with van der Waals surface area (Å²) in [6.45, 7) is 8.98.